The first kappa shape index (κ1) is 16.2. The summed E-state index contributed by atoms with van der Waals surface area (Å²) in [5.74, 6) is 1.69. The molecule has 1 aliphatic rings. The van der Waals surface area contributed by atoms with E-state index in [9.17, 15) is 4.79 Å². The van der Waals surface area contributed by atoms with Crippen LogP contribution in [0.1, 0.15) is 11.1 Å². The van der Waals surface area contributed by atoms with Crippen molar-refractivity contribution in [2.24, 2.45) is 0 Å². The van der Waals surface area contributed by atoms with Crippen molar-refractivity contribution in [1.82, 2.24) is 14.9 Å². The number of aromatic nitrogens is 2. The Balaban J connectivity index is 1.52. The zero-order chi connectivity index (χ0) is 16.9. The molecule has 6 nitrogen and oxygen atoms in total. The number of hydrogen-bond donors (Lipinski definition) is 0. The van der Waals surface area contributed by atoms with E-state index in [1.165, 1.54) is 0 Å². The average Bonchev–Trinajstić information content (AvgIpc) is 2.62. The van der Waals surface area contributed by atoms with Gasteiger partial charge in [-0.25, -0.2) is 4.98 Å². The second-order valence-electron chi connectivity index (χ2n) is 5.94. The molecule has 1 fully saturated rings. The molecule has 0 unspecified atom stereocenters. The van der Waals surface area contributed by atoms with Crippen molar-refractivity contribution < 1.29 is 9.53 Å². The lowest BCUT2D eigenvalue weighted by Crippen LogP contribution is -2.50. The predicted octanol–water partition coefficient (Wildman–Crippen LogP) is 1.82. The lowest BCUT2D eigenvalue weighted by Gasteiger charge is -2.35. The van der Waals surface area contributed by atoms with Crippen LogP contribution in [0, 0.1) is 13.8 Å². The molecule has 1 amide bonds. The van der Waals surface area contributed by atoms with Gasteiger partial charge in [0.1, 0.15) is 11.6 Å². The summed E-state index contributed by atoms with van der Waals surface area (Å²) in [6.45, 7) is 6.93. The average molecular weight is 326 g/mol. The summed E-state index contributed by atoms with van der Waals surface area (Å²) in [6, 6.07) is 5.98. The van der Waals surface area contributed by atoms with Gasteiger partial charge in [0, 0.05) is 38.6 Å². The van der Waals surface area contributed by atoms with Crippen LogP contribution in [0.4, 0.5) is 5.82 Å². The number of piperazine rings is 1. The van der Waals surface area contributed by atoms with Gasteiger partial charge >= 0.3 is 0 Å². The Labute approximate surface area is 142 Å². The van der Waals surface area contributed by atoms with E-state index in [0.717, 1.165) is 35.8 Å². The number of nitrogens with zero attached hydrogens (tertiary/aromatic N) is 4. The number of aryl methyl sites for hydroxylation is 2. The normalized spacial score (nSPS) is 14.6. The van der Waals surface area contributed by atoms with Crippen LogP contribution in [0.25, 0.3) is 0 Å². The minimum atomic E-state index is 0.0245. The highest BCUT2D eigenvalue weighted by Crippen LogP contribution is 2.22. The van der Waals surface area contributed by atoms with Crippen molar-refractivity contribution in [2.75, 3.05) is 37.7 Å². The van der Waals surface area contributed by atoms with E-state index in [0.29, 0.717) is 13.1 Å². The SMILES string of the molecule is Cc1cccc(C)c1OCC(=O)N1CCN(c2cnccn2)CC1. The third kappa shape index (κ3) is 3.64. The standard InChI is InChI=1S/C18H22N4O2/c1-14-4-3-5-15(2)18(14)24-13-17(23)22-10-8-21(9-11-22)16-12-19-6-7-20-16/h3-7,12H,8-11,13H2,1-2H3. The molecular formula is C18H22N4O2. The summed E-state index contributed by atoms with van der Waals surface area (Å²) in [5, 5.41) is 0. The molecule has 2 heterocycles. The molecular weight excluding hydrogens is 304 g/mol. The first-order chi connectivity index (χ1) is 11.6. The minimum absolute atomic E-state index is 0.0245. The number of carbonyl (C=O) groups excluding carboxylic acids is 1. The maximum atomic E-state index is 12.4. The Bertz CT molecular complexity index is 677. The number of anilines is 1. The highest BCUT2D eigenvalue weighted by Gasteiger charge is 2.22. The van der Waals surface area contributed by atoms with Crippen molar-refractivity contribution in [2.45, 2.75) is 13.8 Å². The summed E-state index contributed by atoms with van der Waals surface area (Å²) in [7, 11) is 0. The van der Waals surface area contributed by atoms with Crippen LogP contribution in [0.15, 0.2) is 36.8 Å². The minimum Gasteiger partial charge on any atom is -0.483 e. The van der Waals surface area contributed by atoms with Crippen LogP contribution >= 0.6 is 0 Å². The molecule has 1 aliphatic heterocycles. The zero-order valence-corrected chi connectivity index (χ0v) is 14.1. The van der Waals surface area contributed by atoms with Crippen LogP contribution in [0.3, 0.4) is 0 Å². The van der Waals surface area contributed by atoms with Crippen LogP contribution < -0.4 is 9.64 Å². The van der Waals surface area contributed by atoms with Crippen LogP contribution in [-0.4, -0.2) is 53.6 Å². The van der Waals surface area contributed by atoms with E-state index in [1.54, 1.807) is 18.6 Å². The van der Waals surface area contributed by atoms with E-state index >= 15 is 0 Å². The second-order valence-corrected chi connectivity index (χ2v) is 5.94. The lowest BCUT2D eigenvalue weighted by atomic mass is 10.1. The van der Waals surface area contributed by atoms with Crippen molar-refractivity contribution >= 4 is 11.7 Å². The third-order valence-corrected chi connectivity index (χ3v) is 4.25. The summed E-state index contributed by atoms with van der Waals surface area (Å²) in [4.78, 5) is 24.8. The summed E-state index contributed by atoms with van der Waals surface area (Å²) < 4.78 is 5.77. The van der Waals surface area contributed by atoms with Gasteiger partial charge in [0.25, 0.3) is 5.91 Å². The number of para-hydroxylation sites is 1. The van der Waals surface area contributed by atoms with E-state index in [1.807, 2.05) is 36.9 Å². The summed E-state index contributed by atoms with van der Waals surface area (Å²) in [5.41, 5.74) is 2.10. The Morgan fingerprint density at radius 2 is 1.83 bits per heavy atom. The van der Waals surface area contributed by atoms with E-state index in [2.05, 4.69) is 14.9 Å². The smallest absolute Gasteiger partial charge is 0.260 e. The monoisotopic (exact) mass is 326 g/mol. The molecule has 1 saturated heterocycles. The van der Waals surface area contributed by atoms with Gasteiger partial charge < -0.3 is 14.5 Å². The number of benzene rings is 1. The number of rotatable bonds is 4. The number of amides is 1. The predicted molar refractivity (Wildman–Crippen MR) is 92.2 cm³/mol. The fourth-order valence-corrected chi connectivity index (χ4v) is 2.89. The van der Waals surface area contributed by atoms with Gasteiger partial charge in [-0.2, -0.15) is 0 Å². The van der Waals surface area contributed by atoms with Gasteiger partial charge in [-0.3, -0.25) is 9.78 Å². The maximum absolute atomic E-state index is 12.4. The Kier molecular flexibility index (Phi) is 4.93. The van der Waals surface area contributed by atoms with Crippen LogP contribution in [-0.2, 0) is 4.79 Å². The number of carbonyl (C=O) groups is 1. The number of ether oxygens (including phenoxy) is 1. The lowest BCUT2D eigenvalue weighted by molar-refractivity contribution is -0.133. The molecule has 6 heteroatoms. The molecule has 24 heavy (non-hydrogen) atoms. The summed E-state index contributed by atoms with van der Waals surface area (Å²) in [6.07, 6.45) is 5.10. The first-order valence-corrected chi connectivity index (χ1v) is 8.13. The Hall–Kier alpha value is -2.63. The molecule has 126 valence electrons. The highest BCUT2D eigenvalue weighted by molar-refractivity contribution is 5.78. The Morgan fingerprint density at radius 3 is 2.46 bits per heavy atom. The highest BCUT2D eigenvalue weighted by atomic mass is 16.5. The maximum Gasteiger partial charge on any atom is 0.260 e. The molecule has 1 aromatic carbocycles. The molecule has 2 aromatic rings. The fraction of sp³-hybridized carbons (Fsp3) is 0.389. The Morgan fingerprint density at radius 1 is 1.12 bits per heavy atom. The first-order valence-electron chi connectivity index (χ1n) is 8.13. The zero-order valence-electron chi connectivity index (χ0n) is 14.1. The van der Waals surface area contributed by atoms with Crippen molar-refractivity contribution in [3.8, 4) is 5.75 Å². The molecule has 0 bridgehead atoms. The van der Waals surface area contributed by atoms with Gasteiger partial charge in [0.15, 0.2) is 6.61 Å². The molecule has 0 saturated carbocycles. The van der Waals surface area contributed by atoms with E-state index in [-0.39, 0.29) is 12.5 Å². The molecule has 0 aliphatic carbocycles. The van der Waals surface area contributed by atoms with Crippen molar-refractivity contribution in [3.63, 3.8) is 0 Å². The van der Waals surface area contributed by atoms with Gasteiger partial charge in [0.05, 0.1) is 6.20 Å². The van der Waals surface area contributed by atoms with Crippen LogP contribution in [0.5, 0.6) is 5.75 Å². The quantitative estimate of drug-likeness (QED) is 0.858. The topological polar surface area (TPSA) is 58.6 Å². The molecule has 3 rings (SSSR count). The number of hydrogen-bond acceptors (Lipinski definition) is 5. The van der Waals surface area contributed by atoms with E-state index in [4.69, 9.17) is 4.74 Å². The van der Waals surface area contributed by atoms with Gasteiger partial charge in [-0.05, 0) is 25.0 Å². The summed E-state index contributed by atoms with van der Waals surface area (Å²) >= 11 is 0. The van der Waals surface area contributed by atoms with Gasteiger partial charge in [-0.15, -0.1) is 0 Å². The molecule has 0 N–H and O–H groups in total. The van der Waals surface area contributed by atoms with E-state index < -0.39 is 0 Å². The van der Waals surface area contributed by atoms with Crippen LogP contribution in [0.2, 0.25) is 0 Å². The van der Waals surface area contributed by atoms with Crippen molar-refractivity contribution in [3.05, 3.63) is 47.9 Å². The molecule has 0 atom stereocenters. The molecule has 1 aromatic heterocycles. The van der Waals surface area contributed by atoms with Gasteiger partial charge in [0.2, 0.25) is 0 Å². The largest absolute Gasteiger partial charge is 0.483 e. The fourth-order valence-electron chi connectivity index (χ4n) is 2.89. The molecule has 0 spiro atoms. The van der Waals surface area contributed by atoms with Gasteiger partial charge in [-0.1, -0.05) is 18.2 Å². The third-order valence-electron chi connectivity index (χ3n) is 4.25. The van der Waals surface area contributed by atoms with Crippen molar-refractivity contribution in [1.29, 1.82) is 0 Å². The molecule has 0 radical (unpaired) electrons. The second kappa shape index (κ2) is 7.29.